The lowest BCUT2D eigenvalue weighted by atomic mass is 10.1. The van der Waals surface area contributed by atoms with Crippen LogP contribution < -0.4 is 21.7 Å². The lowest BCUT2D eigenvalue weighted by molar-refractivity contribution is 0.0949. The average molecular weight is 275 g/mol. The molecule has 0 spiro atoms. The Morgan fingerprint density at radius 1 is 1.25 bits per heavy atom. The number of anilines is 1. The van der Waals surface area contributed by atoms with Gasteiger partial charge in [0.25, 0.3) is 5.91 Å². The van der Waals surface area contributed by atoms with Gasteiger partial charge in [0, 0.05) is 5.69 Å². The van der Waals surface area contributed by atoms with Gasteiger partial charge < -0.3 is 10.5 Å². The number of hydrazine groups is 1. The number of halogens is 1. The number of nitrogen functional groups attached to an aromatic ring is 2. The van der Waals surface area contributed by atoms with E-state index in [1.165, 1.54) is 18.2 Å². The third kappa shape index (κ3) is 3.24. The smallest absolute Gasteiger partial charge is 0.269 e. The zero-order chi connectivity index (χ0) is 14.5. The van der Waals surface area contributed by atoms with Crippen molar-refractivity contribution < 1.29 is 13.9 Å². The maximum Gasteiger partial charge on any atom is 0.269 e. The monoisotopic (exact) mass is 275 g/mol. The van der Waals surface area contributed by atoms with Gasteiger partial charge in [-0.25, -0.2) is 10.2 Å². The van der Waals surface area contributed by atoms with Crippen LogP contribution >= 0.6 is 0 Å². The summed E-state index contributed by atoms with van der Waals surface area (Å²) in [6, 6.07) is 10.7. The number of carbonyl (C=O) groups excluding carboxylic acids is 1. The predicted molar refractivity (Wildman–Crippen MR) is 73.2 cm³/mol. The summed E-state index contributed by atoms with van der Waals surface area (Å²) in [5.74, 6) is 4.58. The molecule has 0 saturated heterocycles. The van der Waals surface area contributed by atoms with Crippen LogP contribution in [0, 0.1) is 5.82 Å². The summed E-state index contributed by atoms with van der Waals surface area (Å²) in [5.41, 5.74) is 8.94. The summed E-state index contributed by atoms with van der Waals surface area (Å²) < 4.78 is 18.6. The number of rotatable bonds is 4. The standard InChI is InChI=1S/C14H14FN3O2/c15-10-3-1-2-9(6-10)8-20-13-5-4-11(16)7-12(13)14(19)18-17/h1-7H,8,16-17H2,(H,18,19). The summed E-state index contributed by atoms with van der Waals surface area (Å²) in [6.45, 7) is 0.131. The molecular formula is C14H14FN3O2. The quantitative estimate of drug-likeness (QED) is 0.342. The zero-order valence-corrected chi connectivity index (χ0v) is 10.6. The summed E-state index contributed by atoms with van der Waals surface area (Å²) in [4.78, 5) is 11.6. The van der Waals surface area contributed by atoms with Gasteiger partial charge in [0.15, 0.2) is 0 Å². The van der Waals surface area contributed by atoms with E-state index in [0.717, 1.165) is 0 Å². The Balaban J connectivity index is 2.19. The minimum Gasteiger partial charge on any atom is -0.488 e. The van der Waals surface area contributed by atoms with Crippen LogP contribution in [0.3, 0.4) is 0 Å². The molecule has 0 aliphatic rings. The Labute approximate surface area is 115 Å². The first-order valence-corrected chi connectivity index (χ1v) is 5.88. The van der Waals surface area contributed by atoms with Gasteiger partial charge in [-0.3, -0.25) is 10.2 Å². The van der Waals surface area contributed by atoms with Crippen LogP contribution in [-0.2, 0) is 6.61 Å². The van der Waals surface area contributed by atoms with Gasteiger partial charge >= 0.3 is 0 Å². The molecule has 0 aromatic heterocycles. The van der Waals surface area contributed by atoms with E-state index in [-0.39, 0.29) is 18.0 Å². The van der Waals surface area contributed by atoms with Crippen molar-refractivity contribution in [3.63, 3.8) is 0 Å². The van der Waals surface area contributed by atoms with E-state index < -0.39 is 5.91 Å². The topological polar surface area (TPSA) is 90.4 Å². The summed E-state index contributed by atoms with van der Waals surface area (Å²) in [7, 11) is 0. The third-order valence-corrected chi connectivity index (χ3v) is 2.66. The SMILES string of the molecule is NNC(=O)c1cc(N)ccc1OCc1cccc(F)c1. The minimum atomic E-state index is -0.508. The van der Waals surface area contributed by atoms with Gasteiger partial charge in [-0.1, -0.05) is 12.1 Å². The maximum absolute atomic E-state index is 13.1. The van der Waals surface area contributed by atoms with Gasteiger partial charge in [-0.05, 0) is 35.9 Å². The molecule has 2 aromatic rings. The first kappa shape index (κ1) is 13.8. The third-order valence-electron chi connectivity index (χ3n) is 2.66. The van der Waals surface area contributed by atoms with Crippen LogP contribution in [0.25, 0.3) is 0 Å². The van der Waals surface area contributed by atoms with Gasteiger partial charge in [0.2, 0.25) is 0 Å². The highest BCUT2D eigenvalue weighted by Crippen LogP contribution is 2.22. The maximum atomic E-state index is 13.1. The first-order chi connectivity index (χ1) is 9.60. The molecule has 0 radical (unpaired) electrons. The van der Waals surface area contributed by atoms with Crippen molar-refractivity contribution >= 4 is 11.6 Å². The predicted octanol–water partition coefficient (Wildman–Crippen LogP) is 1.59. The van der Waals surface area contributed by atoms with Crippen LogP contribution in [0.5, 0.6) is 5.75 Å². The second-order valence-electron chi connectivity index (χ2n) is 4.15. The second-order valence-corrected chi connectivity index (χ2v) is 4.15. The summed E-state index contributed by atoms with van der Waals surface area (Å²) >= 11 is 0. The van der Waals surface area contributed by atoms with E-state index in [2.05, 4.69) is 0 Å². The molecule has 2 aromatic carbocycles. The molecule has 1 amide bonds. The molecule has 6 heteroatoms. The molecule has 2 rings (SSSR count). The number of nitrogens with one attached hydrogen (secondary N) is 1. The lowest BCUT2D eigenvalue weighted by Gasteiger charge is -2.11. The Morgan fingerprint density at radius 3 is 2.75 bits per heavy atom. The molecule has 0 saturated carbocycles. The molecule has 0 unspecified atom stereocenters. The van der Waals surface area contributed by atoms with E-state index in [4.69, 9.17) is 16.3 Å². The number of amides is 1. The Bertz CT molecular complexity index is 632. The highest BCUT2D eigenvalue weighted by atomic mass is 19.1. The van der Waals surface area contributed by atoms with Gasteiger partial charge in [0.05, 0.1) is 5.56 Å². The molecule has 0 atom stereocenters. The van der Waals surface area contributed by atoms with E-state index in [0.29, 0.717) is 17.0 Å². The fourth-order valence-corrected chi connectivity index (χ4v) is 1.72. The van der Waals surface area contributed by atoms with Crippen molar-refractivity contribution in [2.75, 3.05) is 5.73 Å². The molecule has 0 bridgehead atoms. The highest BCUT2D eigenvalue weighted by Gasteiger charge is 2.12. The molecule has 20 heavy (non-hydrogen) atoms. The van der Waals surface area contributed by atoms with Crippen molar-refractivity contribution in [1.29, 1.82) is 0 Å². The Hall–Kier alpha value is -2.60. The van der Waals surface area contributed by atoms with Crippen molar-refractivity contribution in [2.24, 2.45) is 5.84 Å². The highest BCUT2D eigenvalue weighted by molar-refractivity contribution is 5.97. The van der Waals surface area contributed by atoms with Crippen molar-refractivity contribution in [3.8, 4) is 5.75 Å². The molecule has 0 fully saturated rings. The van der Waals surface area contributed by atoms with Crippen LogP contribution in [0.1, 0.15) is 15.9 Å². The Morgan fingerprint density at radius 2 is 2.05 bits per heavy atom. The molecule has 0 aliphatic heterocycles. The number of benzene rings is 2. The van der Waals surface area contributed by atoms with E-state index in [9.17, 15) is 9.18 Å². The van der Waals surface area contributed by atoms with Crippen LogP contribution in [-0.4, -0.2) is 5.91 Å². The summed E-state index contributed by atoms with van der Waals surface area (Å²) in [5, 5.41) is 0. The number of hydrogen-bond acceptors (Lipinski definition) is 4. The zero-order valence-electron chi connectivity index (χ0n) is 10.6. The fraction of sp³-hybridized carbons (Fsp3) is 0.0714. The van der Waals surface area contributed by atoms with Crippen LogP contribution in [0.15, 0.2) is 42.5 Å². The lowest BCUT2D eigenvalue weighted by Crippen LogP contribution is -2.30. The second kappa shape index (κ2) is 6.03. The average Bonchev–Trinajstić information content (AvgIpc) is 2.45. The number of carbonyl (C=O) groups is 1. The van der Waals surface area contributed by atoms with Crippen molar-refractivity contribution in [2.45, 2.75) is 6.61 Å². The molecule has 104 valence electrons. The van der Waals surface area contributed by atoms with E-state index in [1.807, 2.05) is 5.43 Å². The first-order valence-electron chi connectivity index (χ1n) is 5.88. The number of ether oxygens (including phenoxy) is 1. The van der Waals surface area contributed by atoms with Gasteiger partial charge in [0.1, 0.15) is 18.2 Å². The van der Waals surface area contributed by atoms with Crippen LogP contribution in [0.4, 0.5) is 10.1 Å². The minimum absolute atomic E-state index is 0.131. The molecule has 5 nitrogen and oxygen atoms in total. The normalized spacial score (nSPS) is 10.1. The van der Waals surface area contributed by atoms with Crippen molar-refractivity contribution in [3.05, 3.63) is 59.4 Å². The molecule has 0 heterocycles. The van der Waals surface area contributed by atoms with E-state index >= 15 is 0 Å². The van der Waals surface area contributed by atoms with Crippen LogP contribution in [0.2, 0.25) is 0 Å². The molecule has 5 N–H and O–H groups in total. The van der Waals surface area contributed by atoms with Gasteiger partial charge in [-0.2, -0.15) is 0 Å². The van der Waals surface area contributed by atoms with E-state index in [1.54, 1.807) is 24.3 Å². The molecule has 0 aliphatic carbocycles. The van der Waals surface area contributed by atoms with Gasteiger partial charge in [-0.15, -0.1) is 0 Å². The molecular weight excluding hydrogens is 261 g/mol. The fourth-order valence-electron chi connectivity index (χ4n) is 1.72. The Kier molecular flexibility index (Phi) is 4.17. The largest absolute Gasteiger partial charge is 0.488 e. The number of nitrogens with two attached hydrogens (primary N) is 2. The number of hydrogen-bond donors (Lipinski definition) is 3. The summed E-state index contributed by atoms with van der Waals surface area (Å²) in [6.07, 6.45) is 0. The van der Waals surface area contributed by atoms with Crippen molar-refractivity contribution in [1.82, 2.24) is 5.43 Å².